The molecule has 0 aliphatic heterocycles. The molecule has 2 rings (SSSR count). The number of pyridine rings is 1. The van der Waals surface area contributed by atoms with E-state index in [9.17, 15) is 4.79 Å². The summed E-state index contributed by atoms with van der Waals surface area (Å²) >= 11 is 0. The van der Waals surface area contributed by atoms with Crippen molar-refractivity contribution in [3.05, 3.63) is 48.8 Å². The topological polar surface area (TPSA) is 51.2 Å². The third-order valence-corrected chi connectivity index (χ3v) is 2.04. The molecule has 1 aromatic carbocycles. The molecular formula is C13H12N2O2. The number of aromatic nitrogens is 1. The summed E-state index contributed by atoms with van der Waals surface area (Å²) in [7, 11) is 0. The monoisotopic (exact) mass is 228 g/mol. The Hall–Kier alpha value is -2.36. The largest absolute Gasteiger partial charge is 0.456 e. The van der Waals surface area contributed by atoms with Gasteiger partial charge in [0.15, 0.2) is 0 Å². The summed E-state index contributed by atoms with van der Waals surface area (Å²) in [5.41, 5.74) is 0.746. The van der Waals surface area contributed by atoms with Crippen LogP contribution in [0.25, 0.3) is 0 Å². The van der Waals surface area contributed by atoms with Crippen molar-refractivity contribution >= 4 is 11.6 Å². The number of carbonyl (C=O) groups is 1. The number of ether oxygens (including phenoxy) is 1. The second-order valence-electron chi connectivity index (χ2n) is 3.50. The predicted molar refractivity (Wildman–Crippen MR) is 65.1 cm³/mol. The summed E-state index contributed by atoms with van der Waals surface area (Å²) in [6, 6.07) is 10.8. The fourth-order valence-electron chi connectivity index (χ4n) is 1.35. The van der Waals surface area contributed by atoms with E-state index >= 15 is 0 Å². The number of anilines is 1. The Labute approximate surface area is 99.3 Å². The van der Waals surface area contributed by atoms with Crippen LogP contribution in [0.2, 0.25) is 0 Å². The summed E-state index contributed by atoms with van der Waals surface area (Å²) in [6.07, 6.45) is 3.33. The van der Waals surface area contributed by atoms with Gasteiger partial charge in [-0.1, -0.05) is 0 Å². The molecule has 17 heavy (non-hydrogen) atoms. The first-order chi connectivity index (χ1) is 8.24. The van der Waals surface area contributed by atoms with Crippen LogP contribution in [-0.4, -0.2) is 10.9 Å². The van der Waals surface area contributed by atoms with Gasteiger partial charge < -0.3 is 10.1 Å². The van der Waals surface area contributed by atoms with Crippen LogP contribution < -0.4 is 10.1 Å². The van der Waals surface area contributed by atoms with Gasteiger partial charge in [-0.2, -0.15) is 0 Å². The van der Waals surface area contributed by atoms with Gasteiger partial charge in [0.05, 0.1) is 6.20 Å². The van der Waals surface area contributed by atoms with Gasteiger partial charge in [0.1, 0.15) is 11.5 Å². The molecule has 0 atom stereocenters. The van der Waals surface area contributed by atoms with E-state index < -0.39 is 0 Å². The van der Waals surface area contributed by atoms with E-state index in [-0.39, 0.29) is 5.91 Å². The Morgan fingerprint density at radius 1 is 1.18 bits per heavy atom. The van der Waals surface area contributed by atoms with Crippen LogP contribution >= 0.6 is 0 Å². The molecule has 1 heterocycles. The summed E-state index contributed by atoms with van der Waals surface area (Å²) in [5.74, 6) is 1.29. The maximum Gasteiger partial charge on any atom is 0.221 e. The molecule has 0 spiro atoms. The van der Waals surface area contributed by atoms with E-state index in [2.05, 4.69) is 10.3 Å². The van der Waals surface area contributed by atoms with Gasteiger partial charge in [0.2, 0.25) is 5.91 Å². The van der Waals surface area contributed by atoms with Gasteiger partial charge in [-0.05, 0) is 36.4 Å². The molecule has 1 aromatic heterocycles. The van der Waals surface area contributed by atoms with E-state index in [0.29, 0.717) is 11.5 Å². The summed E-state index contributed by atoms with van der Waals surface area (Å²) in [4.78, 5) is 14.8. The predicted octanol–water partition coefficient (Wildman–Crippen LogP) is 2.83. The Morgan fingerprint density at radius 2 is 1.94 bits per heavy atom. The Morgan fingerprint density at radius 3 is 2.53 bits per heavy atom. The van der Waals surface area contributed by atoms with Gasteiger partial charge in [0.25, 0.3) is 0 Å². The van der Waals surface area contributed by atoms with E-state index in [1.54, 1.807) is 42.7 Å². The van der Waals surface area contributed by atoms with Gasteiger partial charge in [0, 0.05) is 18.8 Å². The van der Waals surface area contributed by atoms with Crippen molar-refractivity contribution in [2.24, 2.45) is 0 Å². The molecule has 1 N–H and O–H groups in total. The normalized spacial score (nSPS) is 9.71. The van der Waals surface area contributed by atoms with Crippen molar-refractivity contribution in [3.63, 3.8) is 0 Å². The lowest BCUT2D eigenvalue weighted by molar-refractivity contribution is -0.114. The number of hydrogen-bond acceptors (Lipinski definition) is 3. The van der Waals surface area contributed by atoms with Crippen molar-refractivity contribution in [3.8, 4) is 11.5 Å². The molecule has 1 amide bonds. The van der Waals surface area contributed by atoms with Crippen LogP contribution in [0.5, 0.6) is 11.5 Å². The lowest BCUT2D eigenvalue weighted by Gasteiger charge is -2.06. The van der Waals surface area contributed by atoms with Gasteiger partial charge >= 0.3 is 0 Å². The van der Waals surface area contributed by atoms with Gasteiger partial charge in [-0.15, -0.1) is 0 Å². The molecule has 0 aliphatic rings. The maximum atomic E-state index is 10.8. The number of benzene rings is 1. The van der Waals surface area contributed by atoms with Crippen LogP contribution in [-0.2, 0) is 4.79 Å². The molecule has 0 unspecified atom stereocenters. The molecule has 4 nitrogen and oxygen atoms in total. The van der Waals surface area contributed by atoms with E-state index in [4.69, 9.17) is 4.74 Å². The highest BCUT2D eigenvalue weighted by molar-refractivity contribution is 5.88. The smallest absolute Gasteiger partial charge is 0.221 e. The van der Waals surface area contributed by atoms with Crippen LogP contribution in [0.4, 0.5) is 5.69 Å². The molecule has 4 heteroatoms. The molecule has 0 saturated carbocycles. The average molecular weight is 228 g/mol. The first-order valence-electron chi connectivity index (χ1n) is 5.19. The van der Waals surface area contributed by atoms with Crippen molar-refractivity contribution in [1.29, 1.82) is 0 Å². The van der Waals surface area contributed by atoms with Crippen LogP contribution in [0.15, 0.2) is 48.8 Å². The molecule has 0 saturated heterocycles. The highest BCUT2D eigenvalue weighted by atomic mass is 16.5. The lowest BCUT2D eigenvalue weighted by atomic mass is 10.3. The molecule has 0 aliphatic carbocycles. The Balaban J connectivity index is 2.06. The highest BCUT2D eigenvalue weighted by Crippen LogP contribution is 2.21. The third kappa shape index (κ3) is 3.31. The van der Waals surface area contributed by atoms with Crippen LogP contribution in [0.3, 0.4) is 0 Å². The fraction of sp³-hybridized carbons (Fsp3) is 0.0769. The number of amides is 1. The minimum absolute atomic E-state index is 0.0917. The summed E-state index contributed by atoms with van der Waals surface area (Å²) < 4.78 is 5.56. The zero-order chi connectivity index (χ0) is 12.1. The molecule has 0 bridgehead atoms. The summed E-state index contributed by atoms with van der Waals surface area (Å²) in [6.45, 7) is 1.47. The summed E-state index contributed by atoms with van der Waals surface area (Å²) in [5, 5.41) is 2.69. The van der Waals surface area contributed by atoms with Crippen molar-refractivity contribution in [1.82, 2.24) is 4.98 Å². The number of nitrogens with zero attached hydrogens (tertiary/aromatic N) is 1. The minimum atomic E-state index is -0.0917. The van der Waals surface area contributed by atoms with E-state index in [0.717, 1.165) is 5.69 Å². The Kier molecular flexibility index (Phi) is 3.35. The zero-order valence-corrected chi connectivity index (χ0v) is 9.38. The SMILES string of the molecule is CC(=O)Nc1ccc(Oc2cccnc2)cc1. The standard InChI is InChI=1S/C13H12N2O2/c1-10(16)15-11-4-6-12(7-5-11)17-13-3-2-8-14-9-13/h2-9H,1H3,(H,15,16). The van der Waals surface area contributed by atoms with Crippen LogP contribution in [0, 0.1) is 0 Å². The number of rotatable bonds is 3. The lowest BCUT2D eigenvalue weighted by Crippen LogP contribution is -2.05. The Bertz CT molecular complexity index is 495. The number of carbonyl (C=O) groups excluding carboxylic acids is 1. The molecule has 0 fully saturated rings. The van der Waals surface area contributed by atoms with E-state index in [1.165, 1.54) is 6.92 Å². The quantitative estimate of drug-likeness (QED) is 0.878. The van der Waals surface area contributed by atoms with Crippen molar-refractivity contribution < 1.29 is 9.53 Å². The van der Waals surface area contributed by atoms with Crippen LogP contribution in [0.1, 0.15) is 6.92 Å². The van der Waals surface area contributed by atoms with Crippen molar-refractivity contribution in [2.75, 3.05) is 5.32 Å². The fourth-order valence-corrected chi connectivity index (χ4v) is 1.35. The highest BCUT2D eigenvalue weighted by Gasteiger charge is 1.98. The minimum Gasteiger partial charge on any atom is -0.456 e. The van der Waals surface area contributed by atoms with Gasteiger partial charge in [-0.3, -0.25) is 9.78 Å². The molecular weight excluding hydrogens is 216 g/mol. The number of nitrogens with one attached hydrogen (secondary N) is 1. The molecule has 2 aromatic rings. The third-order valence-electron chi connectivity index (χ3n) is 2.04. The van der Waals surface area contributed by atoms with Crippen molar-refractivity contribution in [2.45, 2.75) is 6.92 Å². The number of hydrogen-bond donors (Lipinski definition) is 1. The first kappa shape index (κ1) is 11.1. The zero-order valence-electron chi connectivity index (χ0n) is 9.38. The molecule has 0 radical (unpaired) electrons. The average Bonchev–Trinajstić information content (AvgIpc) is 2.32. The molecule has 86 valence electrons. The first-order valence-corrected chi connectivity index (χ1v) is 5.19. The second kappa shape index (κ2) is 5.12. The van der Waals surface area contributed by atoms with Gasteiger partial charge in [-0.25, -0.2) is 0 Å². The van der Waals surface area contributed by atoms with E-state index in [1.807, 2.05) is 6.07 Å². The maximum absolute atomic E-state index is 10.8. The second-order valence-corrected chi connectivity index (χ2v) is 3.50.